The monoisotopic (exact) mass is 411 g/mol. The van der Waals surface area contributed by atoms with Crippen molar-refractivity contribution in [2.45, 2.75) is 79.7 Å². The highest BCUT2D eigenvalue weighted by Gasteiger charge is 2.51. The largest absolute Gasteiger partial charge is 0.350 e. The van der Waals surface area contributed by atoms with Crippen LogP contribution < -0.4 is 0 Å². The van der Waals surface area contributed by atoms with E-state index in [2.05, 4.69) is 4.98 Å². The van der Waals surface area contributed by atoms with Crippen LogP contribution in [-0.2, 0) is 18.5 Å². The number of hydrogen-bond acceptors (Lipinski definition) is 6. The van der Waals surface area contributed by atoms with E-state index in [0.717, 1.165) is 5.56 Å². The molecule has 2 unspecified atom stereocenters. The number of pyridine rings is 1. The molecule has 1 aromatic heterocycles. The molecule has 0 amide bonds. The molecule has 0 saturated carbocycles. The Morgan fingerprint density at radius 3 is 2.00 bits per heavy atom. The molecule has 8 heteroatoms. The van der Waals surface area contributed by atoms with Crippen molar-refractivity contribution < 1.29 is 18.5 Å². The van der Waals surface area contributed by atoms with Gasteiger partial charge in [-0.1, -0.05) is 26.8 Å². The minimum atomic E-state index is -3.47. The van der Waals surface area contributed by atoms with Gasteiger partial charge in [-0.15, -0.1) is 0 Å². The van der Waals surface area contributed by atoms with Crippen molar-refractivity contribution in [2.24, 2.45) is 5.41 Å². The van der Waals surface area contributed by atoms with E-state index in [-0.39, 0.29) is 14.5 Å². The summed E-state index contributed by atoms with van der Waals surface area (Å²) in [7, 11) is -3.47. The fraction of sp³-hybridized carbons (Fsp3) is 0.750. The number of rotatable bonds is 9. The lowest BCUT2D eigenvalue weighted by Crippen LogP contribution is -2.53. The van der Waals surface area contributed by atoms with E-state index in [9.17, 15) is 4.57 Å². The van der Waals surface area contributed by atoms with Crippen LogP contribution in [0.4, 0.5) is 0 Å². The van der Waals surface area contributed by atoms with Crippen molar-refractivity contribution in [1.29, 1.82) is 0 Å². The van der Waals surface area contributed by atoms with Crippen LogP contribution in [0.25, 0.3) is 0 Å². The molecule has 0 spiro atoms. The van der Waals surface area contributed by atoms with Crippen LogP contribution in [0.2, 0.25) is 0 Å². The average molecular weight is 411 g/mol. The van der Waals surface area contributed by atoms with Crippen molar-refractivity contribution in [3.05, 3.63) is 30.1 Å². The van der Waals surface area contributed by atoms with Gasteiger partial charge in [0.15, 0.2) is 0 Å². The lowest BCUT2D eigenvalue weighted by molar-refractivity contribution is -0.264. The molecule has 0 aliphatic rings. The number of aromatic nitrogens is 1. The third kappa shape index (κ3) is 7.27. The van der Waals surface area contributed by atoms with Crippen molar-refractivity contribution in [3.8, 4) is 0 Å². The van der Waals surface area contributed by atoms with Crippen molar-refractivity contribution in [3.63, 3.8) is 0 Å². The Kier molecular flexibility index (Phi) is 10.6. The van der Waals surface area contributed by atoms with Gasteiger partial charge in [0.25, 0.3) is 0 Å². The molecular formula is C20H37BN2O4P. The summed E-state index contributed by atoms with van der Waals surface area (Å²) in [5, 5.41) is 1.80. The Morgan fingerprint density at radius 2 is 1.64 bits per heavy atom. The molecular weight excluding hydrogens is 374 g/mol. The number of hydroxylamine groups is 2. The van der Waals surface area contributed by atoms with Crippen LogP contribution in [-0.4, -0.2) is 43.0 Å². The first-order valence-electron chi connectivity index (χ1n) is 9.61. The molecule has 1 rings (SSSR count). The van der Waals surface area contributed by atoms with Gasteiger partial charge in [0.1, 0.15) is 11.9 Å². The molecule has 0 bridgehead atoms. The van der Waals surface area contributed by atoms with Gasteiger partial charge in [0.2, 0.25) is 0 Å². The Labute approximate surface area is 173 Å². The molecule has 0 saturated heterocycles. The quantitative estimate of drug-likeness (QED) is 0.307. The van der Waals surface area contributed by atoms with Gasteiger partial charge in [-0.2, -0.15) is 5.06 Å². The third-order valence-corrected chi connectivity index (χ3v) is 6.82. The second-order valence-corrected chi connectivity index (χ2v) is 10.7. The summed E-state index contributed by atoms with van der Waals surface area (Å²) >= 11 is 0. The van der Waals surface area contributed by atoms with Crippen LogP contribution in [0.15, 0.2) is 24.5 Å². The Hall–Kier alpha value is -0.715. The molecule has 28 heavy (non-hydrogen) atoms. The van der Waals surface area contributed by atoms with Crippen LogP contribution in [0.3, 0.4) is 0 Å². The topological polar surface area (TPSA) is 60.9 Å². The van der Waals surface area contributed by atoms with E-state index >= 15 is 0 Å². The molecule has 0 aliphatic heterocycles. The van der Waals surface area contributed by atoms with E-state index in [0.29, 0.717) is 13.2 Å². The summed E-state index contributed by atoms with van der Waals surface area (Å²) in [6.07, 6.45) is 3.25. The molecule has 6 nitrogen and oxygen atoms in total. The van der Waals surface area contributed by atoms with Gasteiger partial charge in [0.05, 0.1) is 13.2 Å². The zero-order valence-corrected chi connectivity index (χ0v) is 19.8. The van der Waals surface area contributed by atoms with Crippen LogP contribution >= 0.6 is 7.60 Å². The third-order valence-electron chi connectivity index (χ3n) is 4.00. The summed E-state index contributed by atoms with van der Waals surface area (Å²) in [5.74, 6) is -0.580. The molecule has 2 atom stereocenters. The lowest BCUT2D eigenvalue weighted by atomic mass is 9.94. The van der Waals surface area contributed by atoms with E-state index in [1.54, 1.807) is 17.5 Å². The van der Waals surface area contributed by atoms with Gasteiger partial charge >= 0.3 is 7.60 Å². The maximum Gasteiger partial charge on any atom is 0.350 e. The SMILES string of the molecule is CCOP(=O)(OCC)C(N(OC(C)c1cccnc1)C(C)(C)C)C(C)(C)C.[B]. The summed E-state index contributed by atoms with van der Waals surface area (Å²) in [4.78, 5) is 10.6. The Balaban J connectivity index is 0.00000729. The Morgan fingerprint density at radius 1 is 1.11 bits per heavy atom. The van der Waals surface area contributed by atoms with Gasteiger partial charge in [-0.3, -0.25) is 14.4 Å². The second kappa shape index (κ2) is 10.9. The second-order valence-electron chi connectivity index (χ2n) is 8.65. The van der Waals surface area contributed by atoms with E-state index in [1.165, 1.54) is 0 Å². The summed E-state index contributed by atoms with van der Waals surface area (Å²) in [5.41, 5.74) is 0.0992. The fourth-order valence-electron chi connectivity index (χ4n) is 2.92. The average Bonchev–Trinajstić information content (AvgIpc) is 2.53. The zero-order chi connectivity index (χ0) is 20.9. The molecule has 159 valence electrons. The molecule has 1 aromatic rings. The first-order chi connectivity index (χ1) is 12.4. The highest BCUT2D eigenvalue weighted by Crippen LogP contribution is 2.61. The smallest absolute Gasteiger partial charge is 0.308 e. The van der Waals surface area contributed by atoms with Crippen molar-refractivity contribution in [1.82, 2.24) is 10.0 Å². The van der Waals surface area contributed by atoms with Gasteiger partial charge in [-0.25, -0.2) is 0 Å². The van der Waals surface area contributed by atoms with Gasteiger partial charge in [0, 0.05) is 31.9 Å². The van der Waals surface area contributed by atoms with Crippen molar-refractivity contribution in [2.75, 3.05) is 13.2 Å². The summed E-state index contributed by atoms with van der Waals surface area (Å²) in [6, 6.07) is 3.85. The van der Waals surface area contributed by atoms with E-state index in [1.807, 2.05) is 74.4 Å². The molecule has 0 N–H and O–H groups in total. The first kappa shape index (κ1) is 27.3. The van der Waals surface area contributed by atoms with Crippen LogP contribution in [0.5, 0.6) is 0 Å². The highest BCUT2D eigenvalue weighted by molar-refractivity contribution is 7.54. The van der Waals surface area contributed by atoms with Crippen LogP contribution in [0, 0.1) is 5.41 Å². The van der Waals surface area contributed by atoms with E-state index in [4.69, 9.17) is 13.9 Å². The van der Waals surface area contributed by atoms with E-state index < -0.39 is 24.3 Å². The van der Waals surface area contributed by atoms with Crippen molar-refractivity contribution >= 4 is 16.0 Å². The highest BCUT2D eigenvalue weighted by atomic mass is 31.2. The predicted molar refractivity (Wildman–Crippen MR) is 115 cm³/mol. The summed E-state index contributed by atoms with van der Waals surface area (Å²) < 4.78 is 25.2. The number of hydrogen-bond donors (Lipinski definition) is 0. The standard InChI is InChI=1S/C20H37N2O4P.B/c1-10-24-27(23,25-11-2)18(19(4,5)6)22(20(7,8)9)26-16(3)17-13-12-14-21-15-17;/h12-16,18H,10-11H2,1-9H3;. The zero-order valence-electron chi connectivity index (χ0n) is 18.9. The molecule has 0 aliphatic carbocycles. The Bertz CT molecular complexity index is 607. The van der Waals surface area contributed by atoms with Gasteiger partial charge in [-0.05, 0) is 53.0 Å². The summed E-state index contributed by atoms with van der Waals surface area (Å²) in [6.45, 7) is 18.4. The van der Waals surface area contributed by atoms with Crippen LogP contribution in [0.1, 0.15) is 74.0 Å². The van der Waals surface area contributed by atoms with Gasteiger partial charge < -0.3 is 9.05 Å². The molecule has 3 radical (unpaired) electrons. The maximum absolute atomic E-state index is 13.8. The number of nitrogens with zero attached hydrogens (tertiary/aromatic N) is 2. The minimum Gasteiger partial charge on any atom is -0.308 e. The minimum absolute atomic E-state index is 0. The predicted octanol–water partition coefficient (Wildman–Crippen LogP) is 5.43. The normalized spacial score (nSPS) is 15.2. The first-order valence-corrected chi connectivity index (χ1v) is 11.2. The lowest BCUT2D eigenvalue weighted by Gasteiger charge is -2.48. The maximum atomic E-state index is 13.8. The molecule has 1 heterocycles. The fourth-order valence-corrected chi connectivity index (χ4v) is 5.61. The molecule has 0 aromatic carbocycles. The molecule has 0 fully saturated rings.